The van der Waals surface area contributed by atoms with Gasteiger partial charge in [-0.3, -0.25) is 4.79 Å². The van der Waals surface area contributed by atoms with E-state index in [-0.39, 0.29) is 36.7 Å². The second-order valence-corrected chi connectivity index (χ2v) is 9.61. The van der Waals surface area contributed by atoms with Crippen molar-refractivity contribution in [3.8, 4) is 11.5 Å². The van der Waals surface area contributed by atoms with Gasteiger partial charge in [-0.05, 0) is 68.1 Å². The number of carbonyl (C=O) groups is 2. The fraction of sp³-hybridized carbons (Fsp3) is 0.481. The van der Waals surface area contributed by atoms with Gasteiger partial charge in [-0.1, -0.05) is 0 Å². The van der Waals surface area contributed by atoms with E-state index in [9.17, 15) is 14.7 Å². The number of carbonyl (C=O) groups excluding carboxylic acids is 2. The molecule has 3 aliphatic heterocycles. The number of hydrogen-bond donors (Lipinski definition) is 3. The van der Waals surface area contributed by atoms with Crippen LogP contribution in [0.1, 0.15) is 43.6 Å². The van der Waals surface area contributed by atoms with Crippen LogP contribution in [0.3, 0.4) is 0 Å². The monoisotopic (exact) mass is 495 g/mol. The number of benzene rings is 2. The molecule has 2 fully saturated rings. The van der Waals surface area contributed by atoms with Crippen LogP contribution in [0.15, 0.2) is 42.5 Å². The molecule has 0 bridgehead atoms. The number of likely N-dealkylation sites (tertiary alicyclic amines) is 1. The number of piperidine rings is 1. The maximum absolute atomic E-state index is 12.9. The number of aliphatic hydroxyl groups is 1. The highest BCUT2D eigenvalue weighted by Crippen LogP contribution is 2.47. The van der Waals surface area contributed by atoms with Crippen LogP contribution in [0.5, 0.6) is 11.5 Å². The Balaban J connectivity index is 1.26. The topological polar surface area (TPSA) is 109 Å². The zero-order valence-electron chi connectivity index (χ0n) is 20.4. The van der Waals surface area contributed by atoms with Crippen molar-refractivity contribution in [2.75, 3.05) is 37.4 Å². The number of ether oxygens (including phenoxy) is 3. The molecule has 9 heteroatoms. The van der Waals surface area contributed by atoms with Crippen molar-refractivity contribution in [2.24, 2.45) is 0 Å². The lowest BCUT2D eigenvalue weighted by Gasteiger charge is -2.38. The fourth-order valence-corrected chi connectivity index (χ4v) is 5.40. The number of nitrogens with zero attached hydrogens (tertiary/aromatic N) is 1. The molecule has 3 aliphatic rings. The Morgan fingerprint density at radius 2 is 1.78 bits per heavy atom. The molecule has 2 saturated heterocycles. The smallest absolute Gasteiger partial charge is 0.323 e. The van der Waals surface area contributed by atoms with Crippen molar-refractivity contribution in [2.45, 2.75) is 56.3 Å². The lowest BCUT2D eigenvalue weighted by molar-refractivity contribution is -0.149. The molecule has 0 spiro atoms. The normalized spacial score (nSPS) is 24.8. The minimum atomic E-state index is -0.509. The van der Waals surface area contributed by atoms with Crippen molar-refractivity contribution in [3.05, 3.63) is 48.0 Å². The first-order chi connectivity index (χ1) is 17.5. The van der Waals surface area contributed by atoms with E-state index < -0.39 is 6.10 Å². The highest BCUT2D eigenvalue weighted by atomic mass is 16.6. The SMILES string of the molecule is COc1ccc(NC(=O)Nc2ccc3c(c2)[C@H]2C[C@@H](CC(=O)N4CCCCC4)O[C@@H](CO)[C@H]2O3)cc1. The zero-order chi connectivity index (χ0) is 25.1. The molecular formula is C27H33N3O6. The summed E-state index contributed by atoms with van der Waals surface area (Å²) < 4.78 is 17.4. The summed E-state index contributed by atoms with van der Waals surface area (Å²) in [5.41, 5.74) is 2.24. The highest BCUT2D eigenvalue weighted by molar-refractivity contribution is 5.99. The molecule has 0 radical (unpaired) electrons. The number of aliphatic hydroxyl groups excluding tert-OH is 1. The largest absolute Gasteiger partial charge is 0.497 e. The minimum absolute atomic E-state index is 0.0311. The maximum Gasteiger partial charge on any atom is 0.323 e. The van der Waals surface area contributed by atoms with Gasteiger partial charge in [0, 0.05) is 35.9 Å². The Hall–Kier alpha value is -3.30. The standard InChI is InChI=1S/C27H33N3O6/c1-34-19-8-5-17(6-9-19)28-27(33)29-18-7-10-23-21(13-18)22-14-20(35-24(16-31)26(22)36-23)15-25(32)30-11-3-2-4-12-30/h5-10,13,20,22,24,26,31H,2-4,11-12,14-16H2,1H3,(H2,28,29,33)/t20-,22+,24-,26-/m0/s1. The summed E-state index contributed by atoms with van der Waals surface area (Å²) in [6.07, 6.45) is 3.06. The average Bonchev–Trinajstić information content (AvgIpc) is 3.27. The van der Waals surface area contributed by atoms with Crippen molar-refractivity contribution in [1.82, 2.24) is 4.90 Å². The quantitative estimate of drug-likeness (QED) is 0.563. The van der Waals surface area contributed by atoms with Gasteiger partial charge in [0.2, 0.25) is 5.91 Å². The Bertz CT molecular complexity index is 1090. The Kier molecular flexibility index (Phi) is 7.29. The first kappa shape index (κ1) is 24.4. The van der Waals surface area contributed by atoms with E-state index in [0.717, 1.165) is 37.2 Å². The maximum atomic E-state index is 12.9. The predicted octanol–water partition coefficient (Wildman–Crippen LogP) is 3.74. The molecular weight excluding hydrogens is 462 g/mol. The van der Waals surface area contributed by atoms with Gasteiger partial charge in [0.05, 0.1) is 26.2 Å². The summed E-state index contributed by atoms with van der Waals surface area (Å²) in [5.74, 6) is 1.51. The third kappa shape index (κ3) is 5.27. The lowest BCUT2D eigenvalue weighted by atomic mass is 9.84. The van der Waals surface area contributed by atoms with E-state index in [0.29, 0.717) is 30.0 Å². The van der Waals surface area contributed by atoms with Gasteiger partial charge < -0.3 is 34.9 Å². The van der Waals surface area contributed by atoms with Crippen LogP contribution < -0.4 is 20.1 Å². The molecule has 9 nitrogen and oxygen atoms in total. The summed E-state index contributed by atoms with van der Waals surface area (Å²) in [6.45, 7) is 1.43. The molecule has 4 atom stereocenters. The number of amides is 3. The Labute approximate surface area is 210 Å². The second-order valence-electron chi connectivity index (χ2n) is 9.61. The van der Waals surface area contributed by atoms with E-state index in [1.54, 1.807) is 37.4 Å². The third-order valence-corrected chi connectivity index (χ3v) is 7.22. The molecule has 2 aromatic carbocycles. The molecule has 2 aromatic rings. The number of anilines is 2. The molecule has 3 heterocycles. The summed E-state index contributed by atoms with van der Waals surface area (Å²) in [5, 5.41) is 15.7. The van der Waals surface area contributed by atoms with Crippen molar-refractivity contribution in [1.29, 1.82) is 0 Å². The number of hydrogen-bond acceptors (Lipinski definition) is 6. The summed E-state index contributed by atoms with van der Waals surface area (Å²) in [7, 11) is 1.59. The van der Waals surface area contributed by atoms with E-state index in [4.69, 9.17) is 14.2 Å². The van der Waals surface area contributed by atoms with Crippen LogP contribution >= 0.6 is 0 Å². The summed E-state index contributed by atoms with van der Waals surface area (Å²) in [4.78, 5) is 27.3. The molecule has 0 aromatic heterocycles. The van der Waals surface area contributed by atoms with Gasteiger partial charge in [0.15, 0.2) is 0 Å². The number of fused-ring (bicyclic) bond motifs is 3. The first-order valence-corrected chi connectivity index (χ1v) is 12.6. The van der Waals surface area contributed by atoms with Crippen LogP contribution in [0.4, 0.5) is 16.2 Å². The molecule has 0 saturated carbocycles. The number of urea groups is 1. The van der Waals surface area contributed by atoms with Crippen molar-refractivity contribution < 1.29 is 28.9 Å². The summed E-state index contributed by atoms with van der Waals surface area (Å²) in [6, 6.07) is 12.3. The van der Waals surface area contributed by atoms with E-state index in [1.165, 1.54) is 6.42 Å². The van der Waals surface area contributed by atoms with Gasteiger partial charge in [0.1, 0.15) is 23.7 Å². The molecule has 3 amide bonds. The molecule has 3 N–H and O–H groups in total. The number of rotatable bonds is 6. The van der Waals surface area contributed by atoms with Crippen molar-refractivity contribution >= 4 is 23.3 Å². The number of methoxy groups -OCH3 is 1. The third-order valence-electron chi connectivity index (χ3n) is 7.22. The first-order valence-electron chi connectivity index (χ1n) is 12.6. The van der Waals surface area contributed by atoms with Crippen LogP contribution in [-0.2, 0) is 9.53 Å². The van der Waals surface area contributed by atoms with Gasteiger partial charge in [-0.25, -0.2) is 4.79 Å². The predicted molar refractivity (Wildman–Crippen MR) is 135 cm³/mol. The van der Waals surface area contributed by atoms with Gasteiger partial charge in [-0.15, -0.1) is 0 Å². The van der Waals surface area contributed by atoms with E-state index >= 15 is 0 Å². The molecule has 0 aliphatic carbocycles. The van der Waals surface area contributed by atoms with Crippen molar-refractivity contribution in [3.63, 3.8) is 0 Å². The van der Waals surface area contributed by atoms with E-state index in [2.05, 4.69) is 10.6 Å². The van der Waals surface area contributed by atoms with Crippen LogP contribution in [0.25, 0.3) is 0 Å². The molecule has 0 unspecified atom stereocenters. The average molecular weight is 496 g/mol. The van der Waals surface area contributed by atoms with Crippen LogP contribution in [-0.4, -0.2) is 67.1 Å². The van der Waals surface area contributed by atoms with Crippen LogP contribution in [0.2, 0.25) is 0 Å². The van der Waals surface area contributed by atoms with E-state index in [1.807, 2.05) is 17.0 Å². The minimum Gasteiger partial charge on any atom is -0.497 e. The van der Waals surface area contributed by atoms with Gasteiger partial charge in [-0.2, -0.15) is 0 Å². The zero-order valence-corrected chi connectivity index (χ0v) is 20.4. The summed E-state index contributed by atoms with van der Waals surface area (Å²) >= 11 is 0. The van der Waals surface area contributed by atoms with Crippen LogP contribution in [0, 0.1) is 0 Å². The molecule has 192 valence electrons. The number of nitrogens with one attached hydrogen (secondary N) is 2. The fourth-order valence-electron chi connectivity index (χ4n) is 5.40. The van der Waals surface area contributed by atoms with Gasteiger partial charge in [0.25, 0.3) is 0 Å². The molecule has 5 rings (SSSR count). The second kappa shape index (κ2) is 10.8. The molecule has 36 heavy (non-hydrogen) atoms. The van der Waals surface area contributed by atoms with Gasteiger partial charge >= 0.3 is 6.03 Å². The Morgan fingerprint density at radius 1 is 1.06 bits per heavy atom. The lowest BCUT2D eigenvalue weighted by Crippen LogP contribution is -2.48. The Morgan fingerprint density at radius 3 is 2.50 bits per heavy atom. The highest BCUT2D eigenvalue weighted by Gasteiger charge is 2.46.